The maximum absolute atomic E-state index is 12.9. The Morgan fingerprint density at radius 1 is 1.21 bits per heavy atom. The van der Waals surface area contributed by atoms with Gasteiger partial charge in [0.2, 0.25) is 15.9 Å². The summed E-state index contributed by atoms with van der Waals surface area (Å²) < 4.78 is 35.2. The molecule has 0 heterocycles. The summed E-state index contributed by atoms with van der Waals surface area (Å²) in [5.74, 6) is -0.766. The number of benzene rings is 2. The van der Waals surface area contributed by atoms with E-state index in [1.165, 1.54) is 12.1 Å². The molecule has 0 spiro atoms. The molecule has 0 radical (unpaired) electrons. The Kier molecular flexibility index (Phi) is 4.38. The fraction of sp³-hybridized carbons (Fsp3) is 0.235. The minimum Gasteiger partial charge on any atom is -0.326 e. The molecule has 3 N–H and O–H groups in total. The number of carbonyl (C=O) groups excluding carboxylic acids is 1. The molecule has 7 heteroatoms. The van der Waals surface area contributed by atoms with Crippen molar-refractivity contribution in [1.82, 2.24) is 0 Å². The highest BCUT2D eigenvalue weighted by atomic mass is 32.2. The molecule has 0 aliphatic heterocycles. The van der Waals surface area contributed by atoms with Gasteiger partial charge in [-0.05, 0) is 47.7 Å². The van der Waals surface area contributed by atoms with Gasteiger partial charge in [0.05, 0.1) is 5.75 Å². The summed E-state index contributed by atoms with van der Waals surface area (Å²) >= 11 is 0. The molecule has 1 aliphatic rings. The number of hydrogen-bond donors (Lipinski definition) is 2. The Hall–Kier alpha value is -2.25. The van der Waals surface area contributed by atoms with Crippen molar-refractivity contribution in [3.05, 3.63) is 65.5 Å². The maximum atomic E-state index is 12.9. The van der Waals surface area contributed by atoms with E-state index in [2.05, 4.69) is 5.32 Å². The van der Waals surface area contributed by atoms with Gasteiger partial charge in [-0.15, -0.1) is 0 Å². The summed E-state index contributed by atoms with van der Waals surface area (Å²) in [4.78, 5) is 12.3. The van der Waals surface area contributed by atoms with Crippen LogP contribution in [-0.2, 0) is 20.6 Å². The molecule has 126 valence electrons. The Labute approximate surface area is 139 Å². The predicted octanol–water partition coefficient (Wildman–Crippen LogP) is 2.36. The molecular formula is C17H17FN2O3S. The number of nitrogens with two attached hydrogens (primary N) is 1. The summed E-state index contributed by atoms with van der Waals surface area (Å²) in [6.07, 6.45) is 0.717. The topological polar surface area (TPSA) is 89.3 Å². The molecule has 3 rings (SSSR count). The number of hydrogen-bond acceptors (Lipinski definition) is 3. The molecule has 2 atom stereocenters. The second-order valence-electron chi connectivity index (χ2n) is 6.00. The smallest absolute Gasteiger partial charge is 0.228 e. The predicted molar refractivity (Wildman–Crippen MR) is 89.1 cm³/mol. The first kappa shape index (κ1) is 16.6. The molecule has 0 bridgehead atoms. The average molecular weight is 348 g/mol. The van der Waals surface area contributed by atoms with Crippen LogP contribution in [0.4, 0.5) is 10.1 Å². The normalized spacial score (nSPS) is 19.8. The lowest BCUT2D eigenvalue weighted by Crippen LogP contribution is -2.16. The minimum atomic E-state index is -3.62. The SMILES string of the molecule is NS(=O)(=O)Cc1cccc(NC(=O)[C@@H]2C[C@H]2c2ccc(F)cc2)c1. The van der Waals surface area contributed by atoms with Crippen LogP contribution in [0, 0.1) is 11.7 Å². The van der Waals surface area contributed by atoms with Crippen molar-refractivity contribution in [1.29, 1.82) is 0 Å². The number of halogens is 1. The number of anilines is 1. The largest absolute Gasteiger partial charge is 0.326 e. The van der Waals surface area contributed by atoms with E-state index in [0.29, 0.717) is 17.7 Å². The highest BCUT2D eigenvalue weighted by Gasteiger charge is 2.43. The number of primary sulfonamides is 1. The highest BCUT2D eigenvalue weighted by molar-refractivity contribution is 7.88. The molecule has 1 fully saturated rings. The van der Waals surface area contributed by atoms with Crippen LogP contribution < -0.4 is 10.5 Å². The molecule has 1 aliphatic carbocycles. The Morgan fingerprint density at radius 2 is 1.92 bits per heavy atom. The van der Waals surface area contributed by atoms with E-state index in [1.807, 2.05) is 0 Å². The fourth-order valence-electron chi connectivity index (χ4n) is 2.77. The number of sulfonamides is 1. The zero-order valence-electron chi connectivity index (χ0n) is 12.8. The summed E-state index contributed by atoms with van der Waals surface area (Å²) in [6, 6.07) is 12.8. The van der Waals surface area contributed by atoms with E-state index in [-0.39, 0.29) is 29.3 Å². The standard InChI is InChI=1S/C17H17FN2O3S/c18-13-6-4-12(5-7-13)15-9-16(15)17(21)20-14-3-1-2-11(8-14)10-24(19,22)23/h1-8,15-16H,9-10H2,(H,20,21)(H2,19,22,23)/t15-,16+/m0/s1. The van der Waals surface area contributed by atoms with Crippen LogP contribution in [0.5, 0.6) is 0 Å². The van der Waals surface area contributed by atoms with Crippen LogP contribution >= 0.6 is 0 Å². The molecule has 0 aromatic heterocycles. The summed E-state index contributed by atoms with van der Waals surface area (Å²) in [7, 11) is -3.62. The van der Waals surface area contributed by atoms with E-state index in [4.69, 9.17) is 5.14 Å². The Bertz CT molecular complexity index is 866. The van der Waals surface area contributed by atoms with Gasteiger partial charge in [0, 0.05) is 11.6 Å². The zero-order valence-corrected chi connectivity index (χ0v) is 13.6. The zero-order chi connectivity index (χ0) is 17.3. The summed E-state index contributed by atoms with van der Waals surface area (Å²) in [5.41, 5.74) is 1.99. The molecular weight excluding hydrogens is 331 g/mol. The molecule has 24 heavy (non-hydrogen) atoms. The fourth-order valence-corrected chi connectivity index (χ4v) is 3.41. The third kappa shape index (κ3) is 4.18. The average Bonchev–Trinajstić information content (AvgIpc) is 3.27. The number of rotatable bonds is 5. The first-order valence-corrected chi connectivity index (χ1v) is 9.19. The van der Waals surface area contributed by atoms with Crippen LogP contribution in [0.3, 0.4) is 0 Å². The van der Waals surface area contributed by atoms with Gasteiger partial charge in [0.1, 0.15) is 5.82 Å². The highest BCUT2D eigenvalue weighted by Crippen LogP contribution is 2.48. The van der Waals surface area contributed by atoms with Crippen LogP contribution in [-0.4, -0.2) is 14.3 Å². The van der Waals surface area contributed by atoms with Crippen molar-refractivity contribution < 1.29 is 17.6 Å². The lowest BCUT2D eigenvalue weighted by molar-refractivity contribution is -0.117. The minimum absolute atomic E-state index is 0.0956. The molecule has 0 saturated heterocycles. The van der Waals surface area contributed by atoms with Gasteiger partial charge >= 0.3 is 0 Å². The molecule has 1 saturated carbocycles. The third-order valence-corrected chi connectivity index (χ3v) is 4.72. The number of nitrogens with one attached hydrogen (secondary N) is 1. The van der Waals surface area contributed by atoms with Gasteiger partial charge in [-0.1, -0.05) is 24.3 Å². The lowest BCUT2D eigenvalue weighted by Gasteiger charge is -2.07. The van der Waals surface area contributed by atoms with Crippen LogP contribution in [0.2, 0.25) is 0 Å². The first-order valence-electron chi connectivity index (χ1n) is 7.47. The molecule has 0 unspecified atom stereocenters. The monoisotopic (exact) mass is 348 g/mol. The van der Waals surface area contributed by atoms with Crippen LogP contribution in [0.15, 0.2) is 48.5 Å². The number of carbonyl (C=O) groups is 1. The van der Waals surface area contributed by atoms with Crippen molar-refractivity contribution in [2.75, 3.05) is 5.32 Å². The van der Waals surface area contributed by atoms with E-state index < -0.39 is 10.0 Å². The second kappa shape index (κ2) is 6.33. The molecule has 2 aromatic rings. The molecule has 2 aromatic carbocycles. The van der Waals surface area contributed by atoms with E-state index in [9.17, 15) is 17.6 Å². The van der Waals surface area contributed by atoms with Gasteiger partial charge in [-0.2, -0.15) is 0 Å². The van der Waals surface area contributed by atoms with Crippen molar-refractivity contribution >= 4 is 21.6 Å². The van der Waals surface area contributed by atoms with E-state index in [1.54, 1.807) is 36.4 Å². The van der Waals surface area contributed by atoms with Crippen molar-refractivity contribution in [2.24, 2.45) is 11.1 Å². The van der Waals surface area contributed by atoms with Gasteiger partial charge in [-0.25, -0.2) is 17.9 Å². The van der Waals surface area contributed by atoms with E-state index in [0.717, 1.165) is 5.56 Å². The van der Waals surface area contributed by atoms with Crippen LogP contribution in [0.1, 0.15) is 23.5 Å². The van der Waals surface area contributed by atoms with Crippen molar-refractivity contribution in [2.45, 2.75) is 18.1 Å². The van der Waals surface area contributed by atoms with Gasteiger partial charge in [0.25, 0.3) is 0 Å². The lowest BCUT2D eigenvalue weighted by atomic mass is 10.1. The second-order valence-corrected chi connectivity index (χ2v) is 7.61. The summed E-state index contributed by atoms with van der Waals surface area (Å²) in [6.45, 7) is 0. The van der Waals surface area contributed by atoms with Crippen LogP contribution in [0.25, 0.3) is 0 Å². The Balaban J connectivity index is 1.64. The van der Waals surface area contributed by atoms with Gasteiger partial charge in [0.15, 0.2) is 0 Å². The van der Waals surface area contributed by atoms with E-state index >= 15 is 0 Å². The van der Waals surface area contributed by atoms with Gasteiger partial charge in [-0.3, -0.25) is 4.79 Å². The molecule has 1 amide bonds. The number of amides is 1. The Morgan fingerprint density at radius 3 is 2.58 bits per heavy atom. The third-order valence-electron chi connectivity index (χ3n) is 3.99. The van der Waals surface area contributed by atoms with Crippen molar-refractivity contribution in [3.8, 4) is 0 Å². The van der Waals surface area contributed by atoms with Gasteiger partial charge < -0.3 is 5.32 Å². The quantitative estimate of drug-likeness (QED) is 0.869. The first-order chi connectivity index (χ1) is 11.3. The maximum Gasteiger partial charge on any atom is 0.228 e. The van der Waals surface area contributed by atoms with Crippen molar-refractivity contribution in [3.63, 3.8) is 0 Å². The summed E-state index contributed by atoms with van der Waals surface area (Å²) in [5, 5.41) is 7.82. The molecule has 5 nitrogen and oxygen atoms in total.